The van der Waals surface area contributed by atoms with Crippen LogP contribution in [0.25, 0.3) is 0 Å². The molecule has 0 aliphatic heterocycles. The summed E-state index contributed by atoms with van der Waals surface area (Å²) >= 11 is 10.8. The van der Waals surface area contributed by atoms with Crippen LogP contribution in [0.5, 0.6) is 11.5 Å². The SMILES string of the molecule is CCNC(=S)NNc1cc(Oc2ccc(C(F)(F)F)cc2Cl)ccc1[N+](=O)[O-]. The molecule has 0 amide bonds. The van der Waals surface area contributed by atoms with Gasteiger partial charge in [-0.25, -0.2) is 0 Å². The highest BCUT2D eigenvalue weighted by molar-refractivity contribution is 7.80. The largest absolute Gasteiger partial charge is 0.456 e. The first-order chi connectivity index (χ1) is 13.1. The van der Waals surface area contributed by atoms with E-state index in [0.717, 1.165) is 18.2 Å². The lowest BCUT2D eigenvalue weighted by Crippen LogP contribution is -2.38. The minimum atomic E-state index is -4.54. The van der Waals surface area contributed by atoms with Crippen LogP contribution in [0.2, 0.25) is 5.02 Å². The van der Waals surface area contributed by atoms with Crippen LogP contribution in [-0.2, 0) is 6.18 Å². The number of benzene rings is 2. The Morgan fingerprint density at radius 3 is 2.57 bits per heavy atom. The van der Waals surface area contributed by atoms with Crippen LogP contribution in [0, 0.1) is 10.1 Å². The molecule has 0 heterocycles. The van der Waals surface area contributed by atoms with E-state index >= 15 is 0 Å². The van der Waals surface area contributed by atoms with E-state index in [-0.39, 0.29) is 33.0 Å². The summed E-state index contributed by atoms with van der Waals surface area (Å²) in [5.41, 5.74) is 4.02. The fraction of sp³-hybridized carbons (Fsp3) is 0.188. The first kappa shape index (κ1) is 21.5. The Morgan fingerprint density at radius 2 is 2.00 bits per heavy atom. The van der Waals surface area contributed by atoms with Gasteiger partial charge < -0.3 is 10.1 Å². The Morgan fingerprint density at radius 1 is 1.29 bits per heavy atom. The first-order valence-corrected chi connectivity index (χ1v) is 8.53. The Labute approximate surface area is 167 Å². The molecule has 0 saturated carbocycles. The van der Waals surface area contributed by atoms with Gasteiger partial charge in [-0.05, 0) is 43.4 Å². The van der Waals surface area contributed by atoms with Crippen molar-refractivity contribution in [1.29, 1.82) is 0 Å². The van der Waals surface area contributed by atoms with Gasteiger partial charge in [0.15, 0.2) is 5.11 Å². The number of nitro groups is 1. The smallest absolute Gasteiger partial charge is 0.416 e. The Kier molecular flexibility index (Phi) is 6.86. The molecule has 0 fully saturated rings. The molecule has 0 unspecified atom stereocenters. The van der Waals surface area contributed by atoms with E-state index < -0.39 is 16.7 Å². The average Bonchev–Trinajstić information content (AvgIpc) is 2.61. The van der Waals surface area contributed by atoms with Crippen molar-refractivity contribution in [3.05, 3.63) is 57.1 Å². The molecule has 28 heavy (non-hydrogen) atoms. The molecular weight excluding hydrogens is 421 g/mol. The summed E-state index contributed by atoms with van der Waals surface area (Å²) in [4.78, 5) is 10.6. The van der Waals surface area contributed by atoms with Crippen molar-refractivity contribution in [2.45, 2.75) is 13.1 Å². The Balaban J connectivity index is 2.25. The molecule has 0 aliphatic rings. The fourth-order valence-corrected chi connectivity index (χ4v) is 2.47. The second-order valence-electron chi connectivity index (χ2n) is 5.29. The highest BCUT2D eigenvalue weighted by atomic mass is 35.5. The van der Waals surface area contributed by atoms with E-state index in [1.54, 1.807) is 0 Å². The Bertz CT molecular complexity index is 896. The van der Waals surface area contributed by atoms with Gasteiger partial charge >= 0.3 is 6.18 Å². The van der Waals surface area contributed by atoms with Gasteiger partial charge in [0.1, 0.15) is 17.2 Å². The van der Waals surface area contributed by atoms with Gasteiger partial charge in [-0.3, -0.25) is 21.0 Å². The van der Waals surface area contributed by atoms with Gasteiger partial charge in [-0.15, -0.1) is 0 Å². The van der Waals surface area contributed by atoms with Crippen LogP contribution in [0.15, 0.2) is 36.4 Å². The van der Waals surface area contributed by atoms with Gasteiger partial charge in [0.25, 0.3) is 5.69 Å². The predicted molar refractivity (Wildman–Crippen MR) is 103 cm³/mol. The highest BCUT2D eigenvalue weighted by Gasteiger charge is 2.31. The third kappa shape index (κ3) is 5.60. The van der Waals surface area contributed by atoms with E-state index in [4.69, 9.17) is 28.6 Å². The summed E-state index contributed by atoms with van der Waals surface area (Å²) in [7, 11) is 0. The molecule has 0 aromatic heterocycles. The maximum atomic E-state index is 12.7. The number of hydrogen-bond donors (Lipinski definition) is 3. The lowest BCUT2D eigenvalue weighted by Gasteiger charge is -2.14. The summed E-state index contributed by atoms with van der Waals surface area (Å²) < 4.78 is 43.6. The molecule has 2 rings (SSSR count). The van der Waals surface area contributed by atoms with Gasteiger partial charge in [0, 0.05) is 18.7 Å². The van der Waals surface area contributed by atoms with Crippen LogP contribution in [0.1, 0.15) is 12.5 Å². The van der Waals surface area contributed by atoms with E-state index in [9.17, 15) is 23.3 Å². The zero-order valence-electron chi connectivity index (χ0n) is 14.3. The number of thiocarbonyl (C=S) groups is 1. The molecule has 2 aromatic carbocycles. The van der Waals surface area contributed by atoms with Crippen molar-refractivity contribution < 1.29 is 22.8 Å². The molecule has 150 valence electrons. The van der Waals surface area contributed by atoms with E-state index in [2.05, 4.69) is 16.2 Å². The second-order valence-corrected chi connectivity index (χ2v) is 6.11. The lowest BCUT2D eigenvalue weighted by molar-refractivity contribution is -0.384. The summed E-state index contributed by atoms with van der Waals surface area (Å²) in [5, 5.41) is 13.9. The number of nitrogens with zero attached hydrogens (tertiary/aromatic N) is 1. The van der Waals surface area contributed by atoms with Gasteiger partial charge in [-0.1, -0.05) is 11.6 Å². The fourth-order valence-electron chi connectivity index (χ4n) is 2.05. The molecule has 0 bridgehead atoms. The maximum Gasteiger partial charge on any atom is 0.416 e. The normalized spacial score (nSPS) is 10.9. The van der Waals surface area contributed by atoms with Crippen LogP contribution >= 0.6 is 23.8 Å². The topological polar surface area (TPSA) is 88.5 Å². The molecule has 0 saturated heterocycles. The lowest BCUT2D eigenvalue weighted by atomic mass is 10.2. The average molecular weight is 435 g/mol. The van der Waals surface area contributed by atoms with Gasteiger partial charge in [0.2, 0.25) is 0 Å². The maximum absolute atomic E-state index is 12.7. The zero-order chi connectivity index (χ0) is 20.9. The molecule has 0 atom stereocenters. The highest BCUT2D eigenvalue weighted by Crippen LogP contribution is 2.37. The summed E-state index contributed by atoms with van der Waals surface area (Å²) in [5.74, 6) is 0.0801. The molecular formula is C16H14ClF3N4O3S. The van der Waals surface area contributed by atoms with Crippen LogP contribution < -0.4 is 20.9 Å². The second kappa shape index (κ2) is 8.93. The van der Waals surface area contributed by atoms with Crippen molar-refractivity contribution in [3.8, 4) is 11.5 Å². The third-order valence-electron chi connectivity index (χ3n) is 3.30. The standard InChI is InChI=1S/C16H14ClF3N4O3S/c1-2-21-15(28)23-22-12-8-10(4-5-13(12)24(25)26)27-14-6-3-9(7-11(14)17)16(18,19)20/h3-8,22H,2H2,1H3,(H2,21,23,28). The van der Waals surface area contributed by atoms with Crippen LogP contribution in [-0.4, -0.2) is 16.6 Å². The number of ether oxygens (including phenoxy) is 1. The number of halogens is 4. The number of hydrazine groups is 1. The molecule has 0 aliphatic carbocycles. The van der Waals surface area contributed by atoms with Crippen molar-refractivity contribution >= 4 is 40.3 Å². The number of nitrogens with one attached hydrogen (secondary N) is 3. The van der Waals surface area contributed by atoms with Gasteiger partial charge in [-0.2, -0.15) is 13.2 Å². The van der Waals surface area contributed by atoms with E-state index in [0.29, 0.717) is 6.54 Å². The quantitative estimate of drug-likeness (QED) is 0.339. The summed E-state index contributed by atoms with van der Waals surface area (Å²) in [6.07, 6.45) is -4.54. The minimum absolute atomic E-state index is 0.0331. The van der Waals surface area contributed by atoms with Crippen molar-refractivity contribution in [3.63, 3.8) is 0 Å². The number of alkyl halides is 3. The molecule has 0 radical (unpaired) electrons. The van der Waals surface area contributed by atoms with Crippen LogP contribution in [0.4, 0.5) is 24.5 Å². The third-order valence-corrected chi connectivity index (χ3v) is 3.84. The predicted octanol–water partition coefficient (Wildman–Crippen LogP) is 4.87. The minimum Gasteiger partial charge on any atom is -0.456 e. The van der Waals surface area contributed by atoms with Crippen molar-refractivity contribution in [2.75, 3.05) is 12.0 Å². The van der Waals surface area contributed by atoms with Crippen molar-refractivity contribution in [1.82, 2.24) is 10.7 Å². The van der Waals surface area contributed by atoms with E-state index in [1.807, 2.05) is 6.92 Å². The number of nitro benzene ring substituents is 1. The molecule has 7 nitrogen and oxygen atoms in total. The summed E-state index contributed by atoms with van der Waals surface area (Å²) in [6, 6.07) is 6.37. The monoisotopic (exact) mass is 434 g/mol. The first-order valence-electron chi connectivity index (χ1n) is 7.74. The molecule has 12 heteroatoms. The molecule has 2 aromatic rings. The number of hydrogen-bond acceptors (Lipinski definition) is 5. The summed E-state index contributed by atoms with van der Waals surface area (Å²) in [6.45, 7) is 2.36. The molecule has 3 N–H and O–H groups in total. The van der Waals surface area contributed by atoms with Gasteiger partial charge in [0.05, 0.1) is 15.5 Å². The van der Waals surface area contributed by atoms with Crippen molar-refractivity contribution in [2.24, 2.45) is 0 Å². The van der Waals surface area contributed by atoms with E-state index in [1.165, 1.54) is 18.2 Å². The molecule has 0 spiro atoms. The van der Waals surface area contributed by atoms with Crippen LogP contribution in [0.3, 0.4) is 0 Å². The number of anilines is 1. The zero-order valence-corrected chi connectivity index (χ0v) is 15.8. The number of rotatable bonds is 6. The Hall–Kier alpha value is -2.79.